The van der Waals surface area contributed by atoms with Crippen LogP contribution in [0.5, 0.6) is 0 Å². The van der Waals surface area contributed by atoms with E-state index in [1.165, 1.54) is 12.6 Å². The summed E-state index contributed by atoms with van der Waals surface area (Å²) in [5.74, 6) is -0.351. The smallest absolute Gasteiger partial charge is 0.328 e. The first-order chi connectivity index (χ1) is 19.7. The Bertz CT molecular complexity index is 1260. The number of hydrogen-bond acceptors (Lipinski definition) is 6. The van der Waals surface area contributed by atoms with Gasteiger partial charge >= 0.3 is 5.97 Å². The molecule has 2 aromatic rings. The van der Waals surface area contributed by atoms with Gasteiger partial charge < -0.3 is 25.3 Å². The largest absolute Gasteiger partial charge is 0.464 e. The highest BCUT2D eigenvalue weighted by atomic mass is 16.5. The maximum absolute atomic E-state index is 13.8. The van der Waals surface area contributed by atoms with Gasteiger partial charge in [-0.3, -0.25) is 19.9 Å². The number of nitrogen functional groups attached to an aromatic ring is 1. The normalized spacial score (nSPS) is 19.9. The van der Waals surface area contributed by atoms with E-state index in [1.54, 1.807) is 6.92 Å². The lowest BCUT2D eigenvalue weighted by Gasteiger charge is -2.32. The SMILES string of the molecule is CCOC(=O)[C@H](CCCN1CCC[C@@H]1C(=O)N1CCC[C@H]1CCc1cc2ccc(C(=N)N)cc2n1CC)NC(C)=O. The molecule has 1 aromatic carbocycles. The molecule has 2 fully saturated rings. The molecular weight excluding hydrogens is 520 g/mol. The number of aromatic nitrogens is 1. The van der Waals surface area contributed by atoms with Gasteiger partial charge in [0.1, 0.15) is 11.9 Å². The Morgan fingerprint density at radius 1 is 1.15 bits per heavy atom. The van der Waals surface area contributed by atoms with Gasteiger partial charge in [-0.1, -0.05) is 12.1 Å². The zero-order chi connectivity index (χ0) is 29.5. The van der Waals surface area contributed by atoms with Gasteiger partial charge in [-0.25, -0.2) is 4.79 Å². The van der Waals surface area contributed by atoms with Crippen molar-refractivity contribution in [1.82, 2.24) is 19.7 Å². The lowest BCUT2D eigenvalue weighted by molar-refractivity contribution is -0.147. The average Bonchev–Trinajstić information content (AvgIpc) is 3.68. The van der Waals surface area contributed by atoms with Crippen LogP contribution in [-0.4, -0.2) is 82.4 Å². The van der Waals surface area contributed by atoms with Crippen molar-refractivity contribution in [1.29, 1.82) is 5.41 Å². The molecule has 10 heteroatoms. The van der Waals surface area contributed by atoms with Crippen LogP contribution < -0.4 is 11.1 Å². The third-order valence-electron chi connectivity index (χ3n) is 8.55. The first-order valence-corrected chi connectivity index (χ1v) is 15.2. The van der Waals surface area contributed by atoms with Gasteiger partial charge in [0.2, 0.25) is 11.8 Å². The summed E-state index contributed by atoms with van der Waals surface area (Å²) in [6, 6.07) is 7.62. The number of nitrogens with one attached hydrogen (secondary N) is 2. The number of carbonyl (C=O) groups is 3. The summed E-state index contributed by atoms with van der Waals surface area (Å²) in [6.07, 6.45) is 6.90. The highest BCUT2D eigenvalue weighted by molar-refractivity contribution is 5.98. The molecule has 0 spiro atoms. The number of esters is 1. The van der Waals surface area contributed by atoms with Crippen LogP contribution in [0.25, 0.3) is 10.9 Å². The van der Waals surface area contributed by atoms with E-state index in [-0.39, 0.29) is 36.3 Å². The number of likely N-dealkylation sites (tertiary alicyclic amines) is 2. The minimum absolute atomic E-state index is 0.0740. The van der Waals surface area contributed by atoms with Crippen LogP contribution in [0.4, 0.5) is 0 Å². The van der Waals surface area contributed by atoms with Crippen LogP contribution in [0.2, 0.25) is 0 Å². The average molecular weight is 567 g/mol. The Kier molecular flexibility index (Phi) is 10.4. The van der Waals surface area contributed by atoms with Crippen molar-refractivity contribution in [2.75, 3.05) is 26.2 Å². The van der Waals surface area contributed by atoms with Gasteiger partial charge in [-0.15, -0.1) is 0 Å². The predicted octanol–water partition coefficient (Wildman–Crippen LogP) is 3.18. The van der Waals surface area contributed by atoms with Crippen LogP contribution in [0, 0.1) is 5.41 Å². The van der Waals surface area contributed by atoms with Crippen molar-refractivity contribution in [3.63, 3.8) is 0 Å². The summed E-state index contributed by atoms with van der Waals surface area (Å²) < 4.78 is 7.42. The summed E-state index contributed by atoms with van der Waals surface area (Å²) in [5, 5.41) is 11.6. The second-order valence-electron chi connectivity index (χ2n) is 11.3. The lowest BCUT2D eigenvalue weighted by Crippen LogP contribution is -2.48. The molecule has 3 atom stereocenters. The van der Waals surface area contributed by atoms with Gasteiger partial charge in [0, 0.05) is 42.8 Å². The van der Waals surface area contributed by atoms with E-state index in [0.29, 0.717) is 19.4 Å². The zero-order valence-corrected chi connectivity index (χ0v) is 24.8. The van der Waals surface area contributed by atoms with Crippen LogP contribution >= 0.6 is 0 Å². The second kappa shape index (κ2) is 14.0. The minimum atomic E-state index is -0.653. The van der Waals surface area contributed by atoms with E-state index in [1.807, 2.05) is 18.2 Å². The topological polar surface area (TPSA) is 134 Å². The number of amidine groups is 1. The molecule has 224 valence electrons. The number of fused-ring (bicyclic) bond motifs is 1. The van der Waals surface area contributed by atoms with E-state index in [9.17, 15) is 14.4 Å². The first kappa shape index (κ1) is 30.6. The number of carbonyl (C=O) groups excluding carboxylic acids is 3. The Morgan fingerprint density at radius 3 is 2.63 bits per heavy atom. The van der Waals surface area contributed by atoms with Crippen LogP contribution in [0.1, 0.15) is 77.0 Å². The molecular formula is C31H46N6O4. The molecule has 2 amide bonds. The fraction of sp³-hybridized carbons (Fsp3) is 0.613. The molecule has 0 radical (unpaired) electrons. The Morgan fingerprint density at radius 2 is 1.93 bits per heavy atom. The van der Waals surface area contributed by atoms with E-state index in [4.69, 9.17) is 15.9 Å². The number of benzene rings is 1. The monoisotopic (exact) mass is 566 g/mol. The van der Waals surface area contributed by atoms with Crippen molar-refractivity contribution < 1.29 is 19.1 Å². The van der Waals surface area contributed by atoms with Crippen LogP contribution in [-0.2, 0) is 32.1 Å². The molecule has 41 heavy (non-hydrogen) atoms. The van der Waals surface area contributed by atoms with Gasteiger partial charge in [0.05, 0.1) is 12.6 Å². The highest BCUT2D eigenvalue weighted by Gasteiger charge is 2.38. The molecule has 0 saturated carbocycles. The lowest BCUT2D eigenvalue weighted by atomic mass is 10.1. The third-order valence-corrected chi connectivity index (χ3v) is 8.55. The molecule has 0 aliphatic carbocycles. The fourth-order valence-corrected chi connectivity index (χ4v) is 6.60. The molecule has 2 saturated heterocycles. The van der Waals surface area contributed by atoms with Crippen molar-refractivity contribution in [2.45, 2.75) is 96.8 Å². The van der Waals surface area contributed by atoms with E-state index >= 15 is 0 Å². The molecule has 10 nitrogen and oxygen atoms in total. The molecule has 1 aromatic heterocycles. The van der Waals surface area contributed by atoms with Crippen LogP contribution in [0.15, 0.2) is 24.3 Å². The summed E-state index contributed by atoms with van der Waals surface area (Å²) in [5.41, 5.74) is 8.81. The van der Waals surface area contributed by atoms with Crippen molar-refractivity contribution in [2.24, 2.45) is 5.73 Å². The van der Waals surface area contributed by atoms with Gasteiger partial charge in [-0.05, 0) is 95.8 Å². The molecule has 4 rings (SSSR count). The number of hydrogen-bond donors (Lipinski definition) is 3. The van der Waals surface area contributed by atoms with Gasteiger partial charge in [-0.2, -0.15) is 0 Å². The molecule has 2 aliphatic rings. The van der Waals surface area contributed by atoms with Crippen molar-refractivity contribution in [3.05, 3.63) is 35.5 Å². The quantitative estimate of drug-likeness (QED) is 0.194. The Hall–Kier alpha value is -3.40. The standard InChI is InChI=1S/C31H46N6O4/c1-4-36-25(19-22-12-13-23(29(32)33)20-28(22)36)15-14-24-9-6-18-37(24)30(39)27-11-8-17-35(27)16-7-10-26(34-21(3)38)31(40)41-5-2/h12-13,19-20,24,26-27H,4-11,14-18H2,1-3H3,(H3,32,33)(H,34,38)/t24-,26-,27+/m0/s1. The Balaban J connectivity index is 1.36. The van der Waals surface area contributed by atoms with Gasteiger partial charge in [0.15, 0.2) is 0 Å². The number of nitrogens with two attached hydrogens (primary N) is 1. The summed E-state index contributed by atoms with van der Waals surface area (Å²) in [7, 11) is 0. The summed E-state index contributed by atoms with van der Waals surface area (Å²) >= 11 is 0. The predicted molar refractivity (Wildman–Crippen MR) is 160 cm³/mol. The zero-order valence-electron chi connectivity index (χ0n) is 24.8. The van der Waals surface area contributed by atoms with E-state index < -0.39 is 12.0 Å². The Labute approximate surface area is 243 Å². The summed E-state index contributed by atoms with van der Waals surface area (Å²) in [4.78, 5) is 42.0. The van der Waals surface area contributed by atoms with Crippen LogP contribution in [0.3, 0.4) is 0 Å². The molecule has 2 aliphatic heterocycles. The summed E-state index contributed by atoms with van der Waals surface area (Å²) in [6.45, 7) is 8.79. The maximum Gasteiger partial charge on any atom is 0.328 e. The minimum Gasteiger partial charge on any atom is -0.464 e. The molecule has 3 heterocycles. The third kappa shape index (κ3) is 7.28. The number of ether oxygens (including phenoxy) is 1. The second-order valence-corrected chi connectivity index (χ2v) is 11.3. The molecule has 0 bridgehead atoms. The van der Waals surface area contributed by atoms with E-state index in [0.717, 1.165) is 74.6 Å². The molecule has 0 unspecified atom stereocenters. The maximum atomic E-state index is 13.8. The highest BCUT2D eigenvalue weighted by Crippen LogP contribution is 2.29. The number of rotatable bonds is 13. The van der Waals surface area contributed by atoms with Crippen molar-refractivity contribution >= 4 is 34.5 Å². The first-order valence-electron chi connectivity index (χ1n) is 15.2. The van der Waals surface area contributed by atoms with Gasteiger partial charge in [0.25, 0.3) is 0 Å². The number of nitrogens with zero attached hydrogens (tertiary/aromatic N) is 3. The van der Waals surface area contributed by atoms with E-state index in [2.05, 4.69) is 32.7 Å². The number of aryl methyl sites for hydroxylation is 2. The fourth-order valence-electron chi connectivity index (χ4n) is 6.60. The molecule has 4 N–H and O–H groups in total. The number of amides is 2. The van der Waals surface area contributed by atoms with Crippen molar-refractivity contribution in [3.8, 4) is 0 Å².